The Kier molecular flexibility index (Phi) is 1.02. The fourth-order valence-corrected chi connectivity index (χ4v) is 0.335. The second-order valence-corrected chi connectivity index (χ2v) is 1.80. The first-order valence-electron chi connectivity index (χ1n) is 2.24. The van der Waals surface area contributed by atoms with Crippen LogP contribution in [0.25, 0.3) is 0 Å². The quantitative estimate of drug-likeness (QED) is 0.469. The number of oxime groups is 1. The lowest BCUT2D eigenvalue weighted by Gasteiger charge is -2.13. The van der Waals surface area contributed by atoms with Gasteiger partial charge in [-0.2, -0.15) is 0 Å². The Balaban J connectivity index is 2.69. The first kappa shape index (κ1) is 5.24. The monoisotopic (exact) mass is 113 g/mol. The van der Waals surface area contributed by atoms with E-state index < -0.39 is 5.66 Å². The van der Waals surface area contributed by atoms with E-state index in [1.165, 1.54) is 12.6 Å². The molecule has 0 aromatic carbocycles. The van der Waals surface area contributed by atoms with E-state index in [1.54, 1.807) is 6.92 Å². The molecule has 44 valence electrons. The van der Waals surface area contributed by atoms with Crippen molar-refractivity contribution in [3.05, 3.63) is 0 Å². The van der Waals surface area contributed by atoms with E-state index in [2.05, 4.69) is 15.0 Å². The third-order valence-corrected chi connectivity index (χ3v) is 0.753. The molecule has 1 aliphatic heterocycles. The number of hydrogen-bond donors (Lipinski definition) is 1. The van der Waals surface area contributed by atoms with Gasteiger partial charge in [0.25, 0.3) is 0 Å². The van der Waals surface area contributed by atoms with Crippen LogP contribution in [0.3, 0.4) is 0 Å². The summed E-state index contributed by atoms with van der Waals surface area (Å²) in [4.78, 5) is 8.15. The molecule has 0 spiro atoms. The molecule has 0 amide bonds. The van der Waals surface area contributed by atoms with Crippen molar-refractivity contribution in [2.45, 2.75) is 12.6 Å². The van der Waals surface area contributed by atoms with Crippen LogP contribution < -0.4 is 5.73 Å². The van der Waals surface area contributed by atoms with Gasteiger partial charge in [-0.25, -0.2) is 4.99 Å². The highest BCUT2D eigenvalue weighted by atomic mass is 16.6. The Hall–Kier alpha value is -0.900. The second kappa shape index (κ2) is 1.56. The fraction of sp³-hybridized carbons (Fsp3) is 0.500. The van der Waals surface area contributed by atoms with Crippen LogP contribution in [-0.2, 0) is 4.84 Å². The molecule has 0 aliphatic carbocycles. The van der Waals surface area contributed by atoms with Crippen LogP contribution in [0, 0.1) is 0 Å². The Morgan fingerprint density at radius 2 is 2.50 bits per heavy atom. The molecule has 0 bridgehead atoms. The molecule has 1 heterocycles. The van der Waals surface area contributed by atoms with Crippen molar-refractivity contribution < 1.29 is 4.84 Å². The van der Waals surface area contributed by atoms with Gasteiger partial charge in [0.15, 0.2) is 0 Å². The van der Waals surface area contributed by atoms with E-state index in [4.69, 9.17) is 5.73 Å². The Morgan fingerprint density at radius 1 is 1.75 bits per heavy atom. The predicted octanol–water partition coefficient (Wildman–Crippen LogP) is -0.294. The van der Waals surface area contributed by atoms with Gasteiger partial charge in [0.2, 0.25) is 6.40 Å². The van der Waals surface area contributed by atoms with E-state index in [1.807, 2.05) is 0 Å². The Labute approximate surface area is 47.0 Å². The van der Waals surface area contributed by atoms with Crippen LogP contribution >= 0.6 is 0 Å². The van der Waals surface area contributed by atoms with E-state index in [9.17, 15) is 0 Å². The molecule has 1 rings (SSSR count). The Morgan fingerprint density at radius 3 is 2.75 bits per heavy atom. The molecule has 0 fully saturated rings. The van der Waals surface area contributed by atoms with Crippen molar-refractivity contribution in [3.63, 3.8) is 0 Å². The molecule has 0 aromatic heterocycles. The number of rotatable bonds is 0. The number of nitrogens with zero attached hydrogens (tertiary/aromatic N) is 2. The first-order chi connectivity index (χ1) is 3.71. The zero-order valence-corrected chi connectivity index (χ0v) is 4.53. The van der Waals surface area contributed by atoms with Gasteiger partial charge in [0.05, 0.1) is 6.21 Å². The average Bonchev–Trinajstić information content (AvgIpc) is 1.65. The summed E-state index contributed by atoms with van der Waals surface area (Å²) >= 11 is 0. The largest absolute Gasteiger partial charge is 0.345 e. The van der Waals surface area contributed by atoms with Gasteiger partial charge in [0, 0.05) is 0 Å². The van der Waals surface area contributed by atoms with Crippen molar-refractivity contribution >= 4 is 12.6 Å². The molecule has 0 saturated heterocycles. The van der Waals surface area contributed by atoms with Crippen molar-refractivity contribution in [3.8, 4) is 0 Å². The van der Waals surface area contributed by atoms with Crippen LogP contribution in [0.4, 0.5) is 0 Å². The van der Waals surface area contributed by atoms with E-state index in [0.717, 1.165) is 0 Å². The number of nitrogens with two attached hydrogens (primary N) is 1. The number of hydrogen-bond acceptors (Lipinski definition) is 4. The summed E-state index contributed by atoms with van der Waals surface area (Å²) in [6, 6.07) is 0. The minimum absolute atomic E-state index is 0.668. The van der Waals surface area contributed by atoms with Crippen molar-refractivity contribution in [1.82, 2.24) is 0 Å². The highest BCUT2D eigenvalue weighted by Gasteiger charge is 2.14. The highest BCUT2D eigenvalue weighted by Crippen LogP contribution is 1.99. The zero-order chi connectivity index (χ0) is 6.04. The van der Waals surface area contributed by atoms with Crippen LogP contribution in [0.1, 0.15) is 6.92 Å². The highest BCUT2D eigenvalue weighted by molar-refractivity contribution is 5.73. The molecule has 4 nitrogen and oxygen atoms in total. The molecule has 8 heavy (non-hydrogen) atoms. The topological polar surface area (TPSA) is 60.0 Å². The van der Waals surface area contributed by atoms with Gasteiger partial charge in [0.1, 0.15) is 5.66 Å². The van der Waals surface area contributed by atoms with E-state index in [0.29, 0.717) is 0 Å². The lowest BCUT2D eigenvalue weighted by atomic mass is 10.3. The smallest absolute Gasteiger partial charge is 0.209 e. The summed E-state index contributed by atoms with van der Waals surface area (Å²) < 4.78 is 0. The molecule has 1 aliphatic rings. The average molecular weight is 113 g/mol. The fourth-order valence-electron chi connectivity index (χ4n) is 0.335. The summed E-state index contributed by atoms with van der Waals surface area (Å²) in [5.41, 5.74) is 4.78. The van der Waals surface area contributed by atoms with Crippen LogP contribution in [-0.4, -0.2) is 18.3 Å². The molecule has 0 aromatic rings. The van der Waals surface area contributed by atoms with Gasteiger partial charge >= 0.3 is 0 Å². The molecule has 4 heteroatoms. The lowest BCUT2D eigenvalue weighted by Crippen LogP contribution is -2.37. The third kappa shape index (κ3) is 1.04. The van der Waals surface area contributed by atoms with Gasteiger partial charge in [-0.1, -0.05) is 5.16 Å². The molecule has 0 saturated carbocycles. The summed E-state index contributed by atoms with van der Waals surface area (Å²) in [6.07, 6.45) is 2.66. The third-order valence-electron chi connectivity index (χ3n) is 0.753. The van der Waals surface area contributed by atoms with Crippen molar-refractivity contribution in [2.75, 3.05) is 0 Å². The predicted molar refractivity (Wildman–Crippen MR) is 30.7 cm³/mol. The summed E-state index contributed by atoms with van der Waals surface area (Å²) in [5.74, 6) is 0. The van der Waals surface area contributed by atoms with Crippen molar-refractivity contribution in [1.29, 1.82) is 0 Å². The first-order valence-corrected chi connectivity index (χ1v) is 2.24. The standard InChI is InChI=1S/C4H7N3O/c1-4(5)2-7-8-3-6-4/h2-3H,5H2,1H3. The van der Waals surface area contributed by atoms with E-state index in [-0.39, 0.29) is 0 Å². The van der Waals surface area contributed by atoms with Gasteiger partial charge < -0.3 is 10.6 Å². The molecule has 1 unspecified atom stereocenters. The maximum absolute atomic E-state index is 5.45. The maximum atomic E-state index is 5.45. The summed E-state index contributed by atoms with van der Waals surface area (Å²) in [7, 11) is 0. The maximum Gasteiger partial charge on any atom is 0.209 e. The van der Waals surface area contributed by atoms with Crippen LogP contribution in [0.2, 0.25) is 0 Å². The van der Waals surface area contributed by atoms with Gasteiger partial charge in [-0.05, 0) is 6.92 Å². The van der Waals surface area contributed by atoms with Crippen LogP contribution in [0.15, 0.2) is 10.1 Å². The summed E-state index contributed by atoms with van der Waals surface area (Å²) in [5, 5.41) is 3.43. The van der Waals surface area contributed by atoms with Crippen molar-refractivity contribution in [2.24, 2.45) is 15.9 Å². The molecule has 1 atom stereocenters. The minimum Gasteiger partial charge on any atom is -0.345 e. The molecular weight excluding hydrogens is 106 g/mol. The second-order valence-electron chi connectivity index (χ2n) is 1.80. The minimum atomic E-state index is -0.668. The van der Waals surface area contributed by atoms with Gasteiger partial charge in [-0.3, -0.25) is 0 Å². The van der Waals surface area contributed by atoms with Crippen LogP contribution in [0.5, 0.6) is 0 Å². The Bertz CT molecular complexity index is 124. The lowest BCUT2D eigenvalue weighted by molar-refractivity contribution is 0.327. The van der Waals surface area contributed by atoms with E-state index >= 15 is 0 Å². The summed E-state index contributed by atoms with van der Waals surface area (Å²) in [6.45, 7) is 1.73. The zero-order valence-electron chi connectivity index (χ0n) is 4.53. The SMILES string of the molecule is CC1(N)C=NOC=N1. The number of aliphatic imine (C=N–C) groups is 1. The normalized spacial score (nSPS) is 34.8. The van der Waals surface area contributed by atoms with Gasteiger partial charge in [-0.15, -0.1) is 0 Å². The molecule has 0 radical (unpaired) electrons. The molecule has 2 N–H and O–H groups in total. The molecular formula is C4H7N3O.